The maximum atomic E-state index is 12.9. The van der Waals surface area contributed by atoms with Crippen LogP contribution in [0.2, 0.25) is 0 Å². The highest BCUT2D eigenvalue weighted by molar-refractivity contribution is 14.1. The van der Waals surface area contributed by atoms with Gasteiger partial charge < -0.3 is 4.74 Å². The van der Waals surface area contributed by atoms with Crippen LogP contribution in [0.5, 0.6) is 0 Å². The number of pyridine rings is 1. The number of halogens is 6. The van der Waals surface area contributed by atoms with E-state index in [9.17, 15) is 26.7 Å². The van der Waals surface area contributed by atoms with E-state index in [1.54, 1.807) is 0 Å². The van der Waals surface area contributed by atoms with Crippen molar-refractivity contribution in [3.63, 3.8) is 0 Å². The van der Waals surface area contributed by atoms with E-state index in [2.05, 4.69) is 9.72 Å². The lowest BCUT2D eigenvalue weighted by Gasteiger charge is -2.16. The number of nitrogens with zero attached hydrogens (tertiary/aromatic N) is 1. The normalized spacial score (nSPS) is 11.8. The number of esters is 1. The predicted molar refractivity (Wildman–Crippen MR) is 62.6 cm³/mol. The lowest BCUT2D eigenvalue weighted by molar-refractivity contribution is -0.142. The molecule has 0 fully saturated rings. The fourth-order valence-electron chi connectivity index (χ4n) is 1.43. The van der Waals surface area contributed by atoms with E-state index in [1.807, 2.05) is 0 Å². The summed E-state index contributed by atoms with van der Waals surface area (Å²) in [5.41, 5.74) is -3.18. The summed E-state index contributed by atoms with van der Waals surface area (Å²) in [7, 11) is 0.957. The van der Waals surface area contributed by atoms with Crippen molar-refractivity contribution in [2.24, 2.45) is 0 Å². The highest BCUT2D eigenvalue weighted by atomic mass is 127. The molecule has 0 N–H and O–H groups in total. The van der Waals surface area contributed by atoms with Gasteiger partial charge >= 0.3 is 12.1 Å². The minimum atomic E-state index is -4.85. The number of carbonyl (C=O) groups is 1. The van der Waals surface area contributed by atoms with Crippen LogP contribution in [0.1, 0.15) is 23.2 Å². The van der Waals surface area contributed by atoms with E-state index in [4.69, 9.17) is 0 Å². The molecule has 1 aromatic rings. The smallest absolute Gasteiger partial charge is 0.417 e. The number of rotatable bonds is 3. The highest BCUT2D eigenvalue weighted by Gasteiger charge is 2.39. The van der Waals surface area contributed by atoms with Crippen LogP contribution in [0, 0.1) is 3.57 Å². The van der Waals surface area contributed by atoms with Gasteiger partial charge in [-0.2, -0.15) is 13.2 Å². The molecule has 0 aromatic carbocycles. The molecule has 0 unspecified atom stereocenters. The molecule has 19 heavy (non-hydrogen) atoms. The molecule has 0 atom stereocenters. The Kier molecular flexibility index (Phi) is 5.04. The van der Waals surface area contributed by atoms with Gasteiger partial charge in [0.25, 0.3) is 6.43 Å². The minimum absolute atomic E-state index is 0.353. The van der Waals surface area contributed by atoms with Crippen LogP contribution in [0.15, 0.2) is 6.20 Å². The number of aromatic nitrogens is 1. The topological polar surface area (TPSA) is 39.2 Å². The van der Waals surface area contributed by atoms with E-state index in [0.29, 0.717) is 6.20 Å². The molecule has 0 saturated heterocycles. The Hall–Kier alpha value is -1.00. The van der Waals surface area contributed by atoms with Crippen LogP contribution in [0.3, 0.4) is 0 Å². The fourth-order valence-corrected chi connectivity index (χ4v) is 2.20. The summed E-state index contributed by atoms with van der Waals surface area (Å²) in [5, 5.41) is 0. The SMILES string of the molecule is COC(=O)Cc1c(C(F)F)ncc(I)c1C(F)(F)F. The lowest BCUT2D eigenvalue weighted by atomic mass is 10.0. The summed E-state index contributed by atoms with van der Waals surface area (Å²) in [6.45, 7) is 0. The largest absolute Gasteiger partial charge is 0.469 e. The number of carbonyl (C=O) groups excluding carboxylic acids is 1. The molecule has 0 amide bonds. The fraction of sp³-hybridized carbons (Fsp3) is 0.400. The molecule has 1 heterocycles. The average Bonchev–Trinajstić information content (AvgIpc) is 2.26. The summed E-state index contributed by atoms with van der Waals surface area (Å²) in [6.07, 6.45) is -8.27. The Morgan fingerprint density at radius 2 is 2.05 bits per heavy atom. The molecule has 1 rings (SSSR count). The number of hydrogen-bond donors (Lipinski definition) is 0. The zero-order valence-electron chi connectivity index (χ0n) is 9.39. The summed E-state index contributed by atoms with van der Waals surface area (Å²) in [5.74, 6) is -1.05. The van der Waals surface area contributed by atoms with Crippen molar-refractivity contribution in [1.29, 1.82) is 0 Å². The highest BCUT2D eigenvalue weighted by Crippen LogP contribution is 2.38. The minimum Gasteiger partial charge on any atom is -0.469 e. The van der Waals surface area contributed by atoms with Gasteiger partial charge in [-0.05, 0) is 22.6 Å². The summed E-state index contributed by atoms with van der Waals surface area (Å²) in [4.78, 5) is 14.4. The van der Waals surface area contributed by atoms with Crippen molar-refractivity contribution in [2.45, 2.75) is 19.0 Å². The van der Waals surface area contributed by atoms with Crippen LogP contribution in [0.25, 0.3) is 0 Å². The molecule has 1 aromatic heterocycles. The first-order valence-electron chi connectivity index (χ1n) is 4.78. The molecule has 0 spiro atoms. The Labute approximate surface area is 118 Å². The number of methoxy groups -OCH3 is 1. The first-order valence-corrected chi connectivity index (χ1v) is 5.85. The van der Waals surface area contributed by atoms with E-state index in [1.165, 1.54) is 22.6 Å². The van der Waals surface area contributed by atoms with Crippen LogP contribution >= 0.6 is 22.6 Å². The molecular formula is C10H7F5INO2. The Morgan fingerprint density at radius 3 is 2.47 bits per heavy atom. The third-order valence-corrected chi connectivity index (χ3v) is 3.02. The van der Waals surface area contributed by atoms with E-state index >= 15 is 0 Å². The number of hydrogen-bond acceptors (Lipinski definition) is 3. The molecule has 0 radical (unpaired) electrons. The van der Waals surface area contributed by atoms with Crippen molar-refractivity contribution in [3.8, 4) is 0 Å². The number of ether oxygens (including phenoxy) is 1. The third kappa shape index (κ3) is 3.74. The quantitative estimate of drug-likeness (QED) is 0.448. The van der Waals surface area contributed by atoms with Crippen molar-refractivity contribution >= 4 is 28.6 Å². The second-order valence-electron chi connectivity index (χ2n) is 3.40. The maximum absolute atomic E-state index is 12.9. The second-order valence-corrected chi connectivity index (χ2v) is 4.56. The van der Waals surface area contributed by atoms with E-state index in [-0.39, 0.29) is 3.57 Å². The Bertz CT molecular complexity index is 490. The van der Waals surface area contributed by atoms with E-state index in [0.717, 1.165) is 7.11 Å². The van der Waals surface area contributed by atoms with Crippen molar-refractivity contribution < 1.29 is 31.5 Å². The van der Waals surface area contributed by atoms with Crippen LogP contribution < -0.4 is 0 Å². The van der Waals surface area contributed by atoms with Gasteiger partial charge in [-0.15, -0.1) is 0 Å². The molecule has 0 aliphatic heterocycles. The predicted octanol–water partition coefficient (Wildman–Crippen LogP) is 3.36. The van der Waals surface area contributed by atoms with Crippen LogP contribution in [-0.4, -0.2) is 18.1 Å². The van der Waals surface area contributed by atoms with Crippen LogP contribution in [0.4, 0.5) is 22.0 Å². The van der Waals surface area contributed by atoms with Gasteiger partial charge in [0.05, 0.1) is 19.1 Å². The Balaban J connectivity index is 3.50. The maximum Gasteiger partial charge on any atom is 0.417 e. The molecule has 0 bridgehead atoms. The first-order chi connectivity index (χ1) is 8.68. The van der Waals surface area contributed by atoms with Crippen molar-refractivity contribution in [3.05, 3.63) is 26.6 Å². The van der Waals surface area contributed by atoms with Gasteiger partial charge in [-0.3, -0.25) is 9.78 Å². The van der Waals surface area contributed by atoms with Crippen LogP contribution in [-0.2, 0) is 22.1 Å². The number of alkyl halides is 5. The molecule has 0 saturated carbocycles. The molecule has 106 valence electrons. The average molecular weight is 395 g/mol. The second kappa shape index (κ2) is 5.97. The van der Waals surface area contributed by atoms with Crippen molar-refractivity contribution in [1.82, 2.24) is 4.98 Å². The lowest BCUT2D eigenvalue weighted by Crippen LogP contribution is -2.18. The van der Waals surface area contributed by atoms with Gasteiger partial charge in [0.2, 0.25) is 0 Å². The first kappa shape index (κ1) is 16.1. The Morgan fingerprint density at radius 1 is 1.47 bits per heavy atom. The molecule has 9 heteroatoms. The molecule has 0 aliphatic carbocycles. The van der Waals surface area contributed by atoms with Gasteiger partial charge in [0.1, 0.15) is 5.69 Å². The molecule has 0 aliphatic rings. The summed E-state index contributed by atoms with van der Waals surface area (Å²) < 4.78 is 67.9. The van der Waals surface area contributed by atoms with Gasteiger partial charge in [0, 0.05) is 15.3 Å². The summed E-state index contributed by atoms with van der Waals surface area (Å²) >= 11 is 1.33. The zero-order valence-corrected chi connectivity index (χ0v) is 11.6. The molecular weight excluding hydrogens is 388 g/mol. The van der Waals surface area contributed by atoms with Gasteiger partial charge in [-0.1, -0.05) is 0 Å². The van der Waals surface area contributed by atoms with E-state index < -0.39 is 41.8 Å². The van der Waals surface area contributed by atoms with Crippen molar-refractivity contribution in [2.75, 3.05) is 7.11 Å². The van der Waals surface area contributed by atoms with Gasteiger partial charge in [0.15, 0.2) is 0 Å². The zero-order chi connectivity index (χ0) is 14.8. The molecule has 3 nitrogen and oxygen atoms in total. The standard InChI is InChI=1S/C10H7F5INO2/c1-19-6(18)2-4-7(10(13,14)15)5(16)3-17-8(4)9(11)12/h3,9H,2H2,1H3. The monoisotopic (exact) mass is 395 g/mol. The van der Waals surface area contributed by atoms with Gasteiger partial charge in [-0.25, -0.2) is 8.78 Å². The summed E-state index contributed by atoms with van der Waals surface area (Å²) in [6, 6.07) is 0. The third-order valence-electron chi connectivity index (χ3n) is 2.21.